The van der Waals surface area contributed by atoms with E-state index in [1.165, 1.54) is 16.0 Å². The van der Waals surface area contributed by atoms with Crippen LogP contribution in [0.2, 0.25) is 0 Å². The van der Waals surface area contributed by atoms with Crippen molar-refractivity contribution in [2.45, 2.75) is 31.7 Å². The van der Waals surface area contributed by atoms with Crippen molar-refractivity contribution in [3.63, 3.8) is 0 Å². The van der Waals surface area contributed by atoms with Crippen molar-refractivity contribution in [2.24, 2.45) is 0 Å². The molecule has 2 aromatic rings. The minimum Gasteiger partial charge on any atom is -0.468 e. The van der Waals surface area contributed by atoms with Crippen LogP contribution in [0.4, 0.5) is 0 Å². The van der Waals surface area contributed by atoms with Crippen molar-refractivity contribution < 1.29 is 4.42 Å². The smallest absolute Gasteiger partial charge is 0.114 e. The van der Waals surface area contributed by atoms with Crippen LogP contribution in [0.25, 0.3) is 0 Å². The molecule has 0 aliphatic rings. The molecule has 19 heavy (non-hydrogen) atoms. The molecule has 0 radical (unpaired) electrons. The van der Waals surface area contributed by atoms with Gasteiger partial charge in [-0.2, -0.15) is 0 Å². The quantitative estimate of drug-likeness (QED) is 0.794. The molecule has 1 unspecified atom stereocenters. The van der Waals surface area contributed by atoms with E-state index in [1.807, 2.05) is 24.8 Å². The monoisotopic (exact) mass is 275 g/mol. The van der Waals surface area contributed by atoms with Gasteiger partial charge in [0.25, 0.3) is 0 Å². The van der Waals surface area contributed by atoms with Gasteiger partial charge < -0.3 is 9.73 Å². The Labute approximate surface area is 119 Å². The first-order chi connectivity index (χ1) is 9.22. The van der Waals surface area contributed by atoms with E-state index in [4.69, 9.17) is 4.42 Å². The Hall–Kier alpha value is -1.19. The maximum absolute atomic E-state index is 5.34. The molecule has 0 spiro atoms. The highest BCUT2D eigenvalue weighted by atomic mass is 32.2. The van der Waals surface area contributed by atoms with Gasteiger partial charge in [-0.05, 0) is 37.6 Å². The maximum atomic E-state index is 5.34. The lowest BCUT2D eigenvalue weighted by Gasteiger charge is -2.19. The molecule has 0 bridgehead atoms. The zero-order chi connectivity index (χ0) is 13.7. The Morgan fingerprint density at radius 2 is 2.00 bits per heavy atom. The minimum atomic E-state index is 0.380. The first-order valence-electron chi connectivity index (χ1n) is 6.68. The van der Waals surface area contributed by atoms with Gasteiger partial charge in [-0.15, -0.1) is 11.8 Å². The lowest BCUT2D eigenvalue weighted by atomic mass is 10.0. The van der Waals surface area contributed by atoms with Crippen LogP contribution in [-0.2, 0) is 0 Å². The molecule has 0 saturated heterocycles. The lowest BCUT2D eigenvalue weighted by Crippen LogP contribution is -2.23. The van der Waals surface area contributed by atoms with Crippen LogP contribution in [0.1, 0.15) is 29.9 Å². The van der Waals surface area contributed by atoms with Crippen LogP contribution in [0, 0.1) is 13.8 Å². The van der Waals surface area contributed by atoms with Crippen molar-refractivity contribution in [2.75, 3.05) is 12.3 Å². The Morgan fingerprint density at radius 1 is 1.21 bits per heavy atom. The maximum Gasteiger partial charge on any atom is 0.114 e. The van der Waals surface area contributed by atoms with E-state index < -0.39 is 0 Å². The van der Waals surface area contributed by atoms with Crippen molar-refractivity contribution in [1.82, 2.24) is 5.32 Å². The van der Waals surface area contributed by atoms with Gasteiger partial charge in [0.1, 0.15) is 5.76 Å². The topological polar surface area (TPSA) is 25.2 Å². The highest BCUT2D eigenvalue weighted by Crippen LogP contribution is 2.28. The number of hydrogen-bond donors (Lipinski definition) is 1. The predicted molar refractivity (Wildman–Crippen MR) is 81.8 cm³/mol. The largest absolute Gasteiger partial charge is 0.468 e. The molecule has 0 aliphatic carbocycles. The highest BCUT2D eigenvalue weighted by Gasteiger charge is 2.13. The summed E-state index contributed by atoms with van der Waals surface area (Å²) in [6.45, 7) is 7.31. The molecule has 102 valence electrons. The van der Waals surface area contributed by atoms with E-state index in [2.05, 4.69) is 43.4 Å². The van der Waals surface area contributed by atoms with Gasteiger partial charge in [0.05, 0.1) is 6.26 Å². The van der Waals surface area contributed by atoms with Crippen molar-refractivity contribution in [1.29, 1.82) is 0 Å². The standard InChI is InChI=1S/C16H21NOS/c1-4-17-15(14-8-6-5-7-12(14)2)11-19-16-9-10-18-13(16)3/h5-10,15,17H,4,11H2,1-3H3. The van der Waals surface area contributed by atoms with Crippen molar-refractivity contribution in [3.8, 4) is 0 Å². The average Bonchev–Trinajstić information content (AvgIpc) is 2.81. The third-order valence-electron chi connectivity index (χ3n) is 3.23. The lowest BCUT2D eigenvalue weighted by molar-refractivity contribution is 0.526. The first-order valence-corrected chi connectivity index (χ1v) is 7.66. The second kappa shape index (κ2) is 6.83. The van der Waals surface area contributed by atoms with E-state index >= 15 is 0 Å². The molecule has 1 atom stereocenters. The van der Waals surface area contributed by atoms with Gasteiger partial charge in [0, 0.05) is 16.7 Å². The van der Waals surface area contributed by atoms with Crippen LogP contribution >= 0.6 is 11.8 Å². The second-order valence-corrected chi connectivity index (χ2v) is 5.68. The number of hydrogen-bond acceptors (Lipinski definition) is 3. The predicted octanol–water partition coefficient (Wildman–Crippen LogP) is 4.34. The number of benzene rings is 1. The summed E-state index contributed by atoms with van der Waals surface area (Å²) in [5.74, 6) is 2.02. The molecule has 1 aromatic carbocycles. The third kappa shape index (κ3) is 3.64. The number of rotatable bonds is 6. The molecule has 1 N–H and O–H groups in total. The zero-order valence-electron chi connectivity index (χ0n) is 11.8. The summed E-state index contributed by atoms with van der Waals surface area (Å²) in [5, 5.41) is 3.57. The molecule has 2 rings (SSSR count). The SMILES string of the molecule is CCNC(CSc1ccoc1C)c1ccccc1C. The van der Waals surface area contributed by atoms with E-state index in [1.54, 1.807) is 6.26 Å². The fraction of sp³-hybridized carbons (Fsp3) is 0.375. The van der Waals surface area contributed by atoms with E-state index in [0.717, 1.165) is 18.1 Å². The number of thioether (sulfide) groups is 1. The number of aryl methyl sites for hydroxylation is 2. The van der Waals surface area contributed by atoms with Gasteiger partial charge in [0.2, 0.25) is 0 Å². The summed E-state index contributed by atoms with van der Waals surface area (Å²) < 4.78 is 5.34. The van der Waals surface area contributed by atoms with Crippen LogP contribution in [0.5, 0.6) is 0 Å². The third-order valence-corrected chi connectivity index (χ3v) is 4.47. The van der Waals surface area contributed by atoms with Crippen molar-refractivity contribution in [3.05, 3.63) is 53.5 Å². The highest BCUT2D eigenvalue weighted by molar-refractivity contribution is 7.99. The summed E-state index contributed by atoms with van der Waals surface area (Å²) in [5.41, 5.74) is 2.73. The molecule has 1 heterocycles. The fourth-order valence-corrected chi connectivity index (χ4v) is 3.23. The van der Waals surface area contributed by atoms with Gasteiger partial charge in [-0.3, -0.25) is 0 Å². The summed E-state index contributed by atoms with van der Waals surface area (Å²) in [6, 6.07) is 11.0. The van der Waals surface area contributed by atoms with E-state index in [9.17, 15) is 0 Å². The molecular formula is C16H21NOS. The summed E-state index contributed by atoms with van der Waals surface area (Å²) >= 11 is 1.85. The molecule has 2 nitrogen and oxygen atoms in total. The van der Waals surface area contributed by atoms with Gasteiger partial charge >= 0.3 is 0 Å². The van der Waals surface area contributed by atoms with Gasteiger partial charge in [-0.1, -0.05) is 31.2 Å². The second-order valence-electron chi connectivity index (χ2n) is 4.62. The van der Waals surface area contributed by atoms with Crippen LogP contribution < -0.4 is 5.32 Å². The minimum absolute atomic E-state index is 0.380. The van der Waals surface area contributed by atoms with E-state index in [-0.39, 0.29) is 0 Å². The van der Waals surface area contributed by atoms with Crippen LogP contribution in [-0.4, -0.2) is 12.3 Å². The summed E-state index contributed by atoms with van der Waals surface area (Å²) in [4.78, 5) is 1.23. The van der Waals surface area contributed by atoms with Crippen LogP contribution in [0.15, 0.2) is 45.9 Å². The molecule has 3 heteroatoms. The molecular weight excluding hydrogens is 254 g/mol. The molecule has 0 fully saturated rings. The Bertz CT molecular complexity index is 521. The molecule has 1 aromatic heterocycles. The first kappa shape index (κ1) is 14.2. The summed E-state index contributed by atoms with van der Waals surface area (Å²) in [7, 11) is 0. The molecule has 0 saturated carbocycles. The number of nitrogens with one attached hydrogen (secondary N) is 1. The Kier molecular flexibility index (Phi) is 5.11. The average molecular weight is 275 g/mol. The Morgan fingerprint density at radius 3 is 2.63 bits per heavy atom. The van der Waals surface area contributed by atoms with Gasteiger partial charge in [-0.25, -0.2) is 0 Å². The van der Waals surface area contributed by atoms with Gasteiger partial charge in [0.15, 0.2) is 0 Å². The fourth-order valence-electron chi connectivity index (χ4n) is 2.18. The summed E-state index contributed by atoms with van der Waals surface area (Å²) in [6.07, 6.45) is 1.76. The van der Waals surface area contributed by atoms with Crippen LogP contribution in [0.3, 0.4) is 0 Å². The Balaban J connectivity index is 2.09. The normalized spacial score (nSPS) is 12.6. The molecule has 0 aliphatic heterocycles. The van der Waals surface area contributed by atoms with E-state index in [0.29, 0.717) is 6.04 Å². The zero-order valence-corrected chi connectivity index (χ0v) is 12.6. The van der Waals surface area contributed by atoms with Crippen molar-refractivity contribution >= 4 is 11.8 Å². The number of furan rings is 1. The molecule has 0 amide bonds.